The fourth-order valence-corrected chi connectivity index (χ4v) is 4.96. The highest BCUT2D eigenvalue weighted by Crippen LogP contribution is 2.39. The highest BCUT2D eigenvalue weighted by atomic mass is 16.5. The van der Waals surface area contributed by atoms with Gasteiger partial charge in [-0.25, -0.2) is 4.98 Å². The molecule has 0 aliphatic carbocycles. The summed E-state index contributed by atoms with van der Waals surface area (Å²) in [6.45, 7) is 11.4. The third-order valence-electron chi connectivity index (χ3n) is 7.22. The van der Waals surface area contributed by atoms with Crippen molar-refractivity contribution >= 4 is 17.6 Å². The number of fused-ring (bicyclic) bond motifs is 1. The Hall–Kier alpha value is -3.59. The van der Waals surface area contributed by atoms with Crippen molar-refractivity contribution in [2.75, 3.05) is 37.1 Å². The molecule has 1 fully saturated rings. The van der Waals surface area contributed by atoms with Gasteiger partial charge in [0, 0.05) is 37.2 Å². The number of aromatic nitrogens is 4. The van der Waals surface area contributed by atoms with Crippen molar-refractivity contribution in [3.63, 3.8) is 0 Å². The summed E-state index contributed by atoms with van der Waals surface area (Å²) >= 11 is 0. The van der Waals surface area contributed by atoms with Crippen LogP contribution in [-0.2, 0) is 18.3 Å². The molecule has 2 aliphatic rings. The zero-order valence-electron chi connectivity index (χ0n) is 21.9. The Kier molecular flexibility index (Phi) is 6.34. The minimum absolute atomic E-state index is 0.113. The summed E-state index contributed by atoms with van der Waals surface area (Å²) in [7, 11) is 3.75. The van der Waals surface area contributed by atoms with Gasteiger partial charge < -0.3 is 18.9 Å². The van der Waals surface area contributed by atoms with Gasteiger partial charge in [-0.2, -0.15) is 0 Å². The molecular formula is C27H35N7O2. The molecule has 0 radical (unpaired) electrons. The molecule has 0 spiro atoms. The molecule has 0 unspecified atom stereocenters. The number of nitrogens with one attached hydrogen (secondary N) is 1. The number of anilines is 2. The predicted octanol–water partition coefficient (Wildman–Crippen LogP) is 4.26. The monoisotopic (exact) mass is 489 g/mol. The molecule has 0 amide bonds. The van der Waals surface area contributed by atoms with E-state index in [9.17, 15) is 0 Å². The second-order valence-corrected chi connectivity index (χ2v) is 9.90. The average Bonchev–Trinajstić information content (AvgIpc) is 3.25. The standard InChI is InChI=1S/C27H35N7O2/c1-7-36-24-13-21(25-30-28-17-32(25)5)8-9-23(24)31-34-11-10-20-12-19(4)29-26(22(20)14-34)33-15-27(16-33,35-6)18(2)3/h8-13,17-18,31H,7,14-16H2,1-6H3. The maximum atomic E-state index is 5.98. The van der Waals surface area contributed by atoms with Crippen LogP contribution in [0.3, 0.4) is 0 Å². The number of nitrogens with zero attached hydrogens (tertiary/aromatic N) is 6. The molecule has 190 valence electrons. The first-order chi connectivity index (χ1) is 17.3. The van der Waals surface area contributed by atoms with E-state index >= 15 is 0 Å². The van der Waals surface area contributed by atoms with Crippen molar-refractivity contribution in [3.8, 4) is 17.1 Å². The summed E-state index contributed by atoms with van der Waals surface area (Å²) in [6.07, 6.45) is 5.91. The number of benzene rings is 1. The van der Waals surface area contributed by atoms with Crippen molar-refractivity contribution in [1.82, 2.24) is 24.8 Å². The van der Waals surface area contributed by atoms with Crippen LogP contribution in [0, 0.1) is 12.8 Å². The number of methoxy groups -OCH3 is 1. The molecule has 3 aromatic rings. The van der Waals surface area contributed by atoms with Crippen LogP contribution >= 0.6 is 0 Å². The largest absolute Gasteiger partial charge is 0.492 e. The number of ether oxygens (including phenoxy) is 2. The van der Waals surface area contributed by atoms with Crippen LogP contribution in [0.25, 0.3) is 17.5 Å². The Morgan fingerprint density at radius 1 is 1.19 bits per heavy atom. The van der Waals surface area contributed by atoms with Gasteiger partial charge in [0.05, 0.1) is 31.9 Å². The lowest BCUT2D eigenvalue weighted by Crippen LogP contribution is -2.66. The van der Waals surface area contributed by atoms with E-state index < -0.39 is 0 Å². The van der Waals surface area contributed by atoms with E-state index in [4.69, 9.17) is 14.5 Å². The molecule has 9 nitrogen and oxygen atoms in total. The molecule has 36 heavy (non-hydrogen) atoms. The first-order valence-electron chi connectivity index (χ1n) is 12.5. The first kappa shape index (κ1) is 24.1. The maximum Gasteiger partial charge on any atom is 0.163 e. The Morgan fingerprint density at radius 2 is 2.00 bits per heavy atom. The molecule has 0 atom stereocenters. The summed E-state index contributed by atoms with van der Waals surface area (Å²) in [5.41, 5.74) is 8.69. The quantitative estimate of drug-likeness (QED) is 0.503. The highest BCUT2D eigenvalue weighted by molar-refractivity contribution is 5.69. The highest BCUT2D eigenvalue weighted by Gasteiger charge is 2.47. The van der Waals surface area contributed by atoms with Crippen molar-refractivity contribution in [3.05, 3.63) is 53.6 Å². The molecule has 2 aromatic heterocycles. The number of aryl methyl sites for hydroxylation is 2. The van der Waals surface area contributed by atoms with E-state index in [0.29, 0.717) is 19.1 Å². The SMILES string of the molecule is CCOc1cc(-c2nncn2C)ccc1NN1C=Cc2cc(C)nc(N3CC(OC)(C(C)C)C3)c2C1. The van der Waals surface area contributed by atoms with Crippen molar-refractivity contribution in [1.29, 1.82) is 0 Å². The van der Waals surface area contributed by atoms with Crippen LogP contribution in [0.4, 0.5) is 11.5 Å². The average molecular weight is 490 g/mol. The van der Waals surface area contributed by atoms with Gasteiger partial charge in [0.15, 0.2) is 5.82 Å². The zero-order valence-corrected chi connectivity index (χ0v) is 21.9. The topological polar surface area (TPSA) is 80.6 Å². The van der Waals surface area contributed by atoms with Gasteiger partial charge in [-0.15, -0.1) is 10.2 Å². The molecule has 5 rings (SSSR count). The third-order valence-corrected chi connectivity index (χ3v) is 7.22. The molecule has 1 saturated heterocycles. The van der Waals surface area contributed by atoms with Crippen molar-refractivity contribution in [2.24, 2.45) is 13.0 Å². The Labute approximate surface area is 212 Å². The number of hydrogen-bond acceptors (Lipinski definition) is 8. The summed E-state index contributed by atoms with van der Waals surface area (Å²) in [5, 5.41) is 10.3. The molecule has 0 saturated carbocycles. The molecule has 9 heteroatoms. The van der Waals surface area contributed by atoms with Gasteiger partial charge in [-0.05, 0) is 55.7 Å². The molecule has 0 bridgehead atoms. The predicted molar refractivity (Wildman–Crippen MR) is 142 cm³/mol. The Morgan fingerprint density at radius 3 is 2.67 bits per heavy atom. The lowest BCUT2D eigenvalue weighted by atomic mass is 9.82. The normalized spacial score (nSPS) is 16.2. The first-order valence-corrected chi connectivity index (χ1v) is 12.5. The van der Waals surface area contributed by atoms with Gasteiger partial charge in [0.1, 0.15) is 23.5 Å². The number of hydrazine groups is 1. The van der Waals surface area contributed by atoms with Gasteiger partial charge in [0.2, 0.25) is 0 Å². The molecule has 4 heterocycles. The van der Waals surface area contributed by atoms with E-state index in [2.05, 4.69) is 64.6 Å². The zero-order chi connectivity index (χ0) is 25.4. The van der Waals surface area contributed by atoms with Crippen molar-refractivity contribution < 1.29 is 9.47 Å². The summed E-state index contributed by atoms with van der Waals surface area (Å²) in [5.74, 6) is 3.04. The number of rotatable bonds is 8. The molecular weight excluding hydrogens is 454 g/mol. The van der Waals surface area contributed by atoms with E-state index in [1.165, 1.54) is 11.1 Å². The van der Waals surface area contributed by atoms with Crippen LogP contribution in [0.1, 0.15) is 37.6 Å². The number of hydrogen-bond donors (Lipinski definition) is 1. The van der Waals surface area contributed by atoms with Crippen LogP contribution in [0.15, 0.2) is 36.8 Å². The second kappa shape index (κ2) is 9.46. The Bertz CT molecular complexity index is 1280. The summed E-state index contributed by atoms with van der Waals surface area (Å²) in [6, 6.07) is 8.21. The van der Waals surface area contributed by atoms with Gasteiger partial charge in [-0.3, -0.25) is 10.4 Å². The van der Waals surface area contributed by atoms with Crippen LogP contribution in [0.5, 0.6) is 5.75 Å². The summed E-state index contributed by atoms with van der Waals surface area (Å²) < 4.78 is 13.8. The molecule has 2 aliphatic heterocycles. The minimum atomic E-state index is -0.113. The van der Waals surface area contributed by atoms with Crippen LogP contribution in [-0.4, -0.2) is 57.2 Å². The minimum Gasteiger partial charge on any atom is -0.492 e. The smallest absolute Gasteiger partial charge is 0.163 e. The third kappa shape index (κ3) is 4.28. The fraction of sp³-hybridized carbons (Fsp3) is 0.444. The molecule has 1 aromatic carbocycles. The van der Waals surface area contributed by atoms with Crippen LogP contribution in [0.2, 0.25) is 0 Å². The van der Waals surface area contributed by atoms with Crippen LogP contribution < -0.4 is 15.1 Å². The Balaban J connectivity index is 1.39. The maximum absolute atomic E-state index is 5.98. The van der Waals surface area contributed by atoms with E-state index in [-0.39, 0.29) is 5.60 Å². The summed E-state index contributed by atoms with van der Waals surface area (Å²) in [4.78, 5) is 7.29. The van der Waals surface area contributed by atoms with Crippen molar-refractivity contribution in [2.45, 2.75) is 39.8 Å². The van der Waals surface area contributed by atoms with E-state index in [0.717, 1.165) is 47.4 Å². The molecule has 1 N–H and O–H groups in total. The van der Waals surface area contributed by atoms with Gasteiger partial charge >= 0.3 is 0 Å². The van der Waals surface area contributed by atoms with Gasteiger partial charge in [-0.1, -0.05) is 13.8 Å². The lowest BCUT2D eigenvalue weighted by Gasteiger charge is -2.52. The van der Waals surface area contributed by atoms with Gasteiger partial charge in [0.25, 0.3) is 0 Å². The fourth-order valence-electron chi connectivity index (χ4n) is 4.96. The van der Waals surface area contributed by atoms with E-state index in [1.807, 2.05) is 43.8 Å². The van der Waals surface area contributed by atoms with E-state index in [1.54, 1.807) is 6.33 Å². The lowest BCUT2D eigenvalue weighted by molar-refractivity contribution is -0.0688. The second-order valence-electron chi connectivity index (χ2n) is 9.90. The number of pyridine rings is 1.